The molecule has 1 unspecified atom stereocenters. The third-order valence-electron chi connectivity index (χ3n) is 1.82. The Bertz CT molecular complexity index is 484. The molecule has 0 fully saturated rings. The van der Waals surface area contributed by atoms with Gasteiger partial charge in [-0.15, -0.1) is 10.2 Å². The summed E-state index contributed by atoms with van der Waals surface area (Å²) < 4.78 is 7.06. The monoisotopic (exact) mass is 288 g/mol. The van der Waals surface area contributed by atoms with Crippen molar-refractivity contribution in [2.45, 2.75) is 34.7 Å². The highest BCUT2D eigenvalue weighted by atomic mass is 32.2. The summed E-state index contributed by atoms with van der Waals surface area (Å²) in [6.07, 6.45) is 0. The van der Waals surface area contributed by atoms with E-state index < -0.39 is 0 Å². The van der Waals surface area contributed by atoms with E-state index in [-0.39, 0.29) is 5.25 Å². The van der Waals surface area contributed by atoms with Crippen LogP contribution in [0.1, 0.15) is 30.8 Å². The standard InChI is InChI=1S/C9H12N4OS3/c1-4-15-8-11-12-9(17-8)16-5(2)7-10-6(3)13-14-7/h5H,4H2,1-3H3. The van der Waals surface area contributed by atoms with Crippen molar-refractivity contribution in [3.63, 3.8) is 0 Å². The van der Waals surface area contributed by atoms with E-state index in [0.29, 0.717) is 11.7 Å². The van der Waals surface area contributed by atoms with Gasteiger partial charge in [-0.3, -0.25) is 0 Å². The Hall–Kier alpha value is -0.600. The minimum absolute atomic E-state index is 0.101. The highest BCUT2D eigenvalue weighted by Crippen LogP contribution is 2.37. The number of hydrogen-bond donors (Lipinski definition) is 0. The smallest absolute Gasteiger partial charge is 0.239 e. The Morgan fingerprint density at radius 1 is 1.35 bits per heavy atom. The first kappa shape index (κ1) is 12.8. The van der Waals surface area contributed by atoms with Crippen LogP contribution in [0.4, 0.5) is 0 Å². The summed E-state index contributed by atoms with van der Waals surface area (Å²) in [5.74, 6) is 2.30. The Labute approximate surface area is 112 Å². The molecule has 0 saturated carbocycles. The van der Waals surface area contributed by atoms with Gasteiger partial charge in [0.15, 0.2) is 14.5 Å². The van der Waals surface area contributed by atoms with Gasteiger partial charge in [-0.05, 0) is 19.6 Å². The summed E-state index contributed by atoms with van der Waals surface area (Å²) in [5, 5.41) is 12.1. The molecule has 0 spiro atoms. The molecule has 17 heavy (non-hydrogen) atoms. The minimum Gasteiger partial charge on any atom is -0.338 e. The van der Waals surface area contributed by atoms with Crippen LogP contribution in [0.5, 0.6) is 0 Å². The molecular weight excluding hydrogens is 276 g/mol. The van der Waals surface area contributed by atoms with E-state index in [0.717, 1.165) is 14.4 Å². The predicted octanol–water partition coefficient (Wildman–Crippen LogP) is 3.19. The van der Waals surface area contributed by atoms with Crippen molar-refractivity contribution in [2.75, 3.05) is 5.75 Å². The highest BCUT2D eigenvalue weighted by Gasteiger charge is 2.17. The van der Waals surface area contributed by atoms with Crippen LogP contribution >= 0.6 is 34.9 Å². The summed E-state index contributed by atoms with van der Waals surface area (Å²) in [6.45, 7) is 5.93. The van der Waals surface area contributed by atoms with Crippen LogP contribution in [0.25, 0.3) is 0 Å². The lowest BCUT2D eigenvalue weighted by Gasteiger charge is -2.00. The fourth-order valence-electron chi connectivity index (χ4n) is 1.11. The number of thioether (sulfide) groups is 2. The molecule has 0 aliphatic heterocycles. The summed E-state index contributed by atoms with van der Waals surface area (Å²) in [6, 6.07) is 0. The molecular formula is C9H12N4OS3. The average molecular weight is 288 g/mol. The molecule has 0 N–H and O–H groups in total. The van der Waals surface area contributed by atoms with Gasteiger partial charge in [-0.25, -0.2) is 0 Å². The largest absolute Gasteiger partial charge is 0.338 e. The molecule has 2 rings (SSSR count). The number of rotatable bonds is 5. The van der Waals surface area contributed by atoms with Crippen LogP contribution in [0, 0.1) is 6.92 Å². The van der Waals surface area contributed by atoms with Gasteiger partial charge in [0.25, 0.3) is 0 Å². The Morgan fingerprint density at radius 2 is 2.12 bits per heavy atom. The topological polar surface area (TPSA) is 64.7 Å². The molecule has 2 aromatic heterocycles. The van der Waals surface area contributed by atoms with Gasteiger partial charge in [0.2, 0.25) is 5.89 Å². The second-order valence-corrected chi connectivity index (χ2v) is 7.28. The Morgan fingerprint density at radius 3 is 2.76 bits per heavy atom. The van der Waals surface area contributed by atoms with E-state index in [1.165, 1.54) is 0 Å². The maximum atomic E-state index is 5.12. The lowest BCUT2D eigenvalue weighted by atomic mass is 10.5. The van der Waals surface area contributed by atoms with Gasteiger partial charge in [-0.2, -0.15) is 4.98 Å². The molecule has 2 heterocycles. The summed E-state index contributed by atoms with van der Waals surface area (Å²) >= 11 is 4.90. The van der Waals surface area contributed by atoms with E-state index in [9.17, 15) is 0 Å². The maximum absolute atomic E-state index is 5.12. The van der Waals surface area contributed by atoms with Crippen molar-refractivity contribution in [3.8, 4) is 0 Å². The SMILES string of the molecule is CCSc1nnc(SC(C)c2nc(C)no2)s1. The molecule has 8 heteroatoms. The second kappa shape index (κ2) is 5.83. The van der Waals surface area contributed by atoms with Crippen LogP contribution < -0.4 is 0 Å². The first-order valence-corrected chi connectivity index (χ1v) is 7.80. The molecule has 0 radical (unpaired) electrons. The van der Waals surface area contributed by atoms with E-state index in [2.05, 4.69) is 27.3 Å². The molecule has 2 aromatic rings. The molecule has 0 aliphatic carbocycles. The number of aryl methyl sites for hydroxylation is 1. The van der Waals surface area contributed by atoms with Gasteiger partial charge in [-0.1, -0.05) is 46.9 Å². The molecule has 1 atom stereocenters. The lowest BCUT2D eigenvalue weighted by Crippen LogP contribution is -1.88. The van der Waals surface area contributed by atoms with Crippen LogP contribution in [-0.2, 0) is 0 Å². The van der Waals surface area contributed by atoms with Crippen molar-refractivity contribution in [1.29, 1.82) is 0 Å². The van der Waals surface area contributed by atoms with Crippen molar-refractivity contribution in [1.82, 2.24) is 20.3 Å². The quantitative estimate of drug-likeness (QED) is 0.783. The zero-order chi connectivity index (χ0) is 12.3. The van der Waals surface area contributed by atoms with Gasteiger partial charge in [0.1, 0.15) is 0 Å². The second-order valence-electron chi connectivity index (χ2n) is 3.21. The Balaban J connectivity index is 1.99. The van der Waals surface area contributed by atoms with Crippen LogP contribution in [0.15, 0.2) is 13.2 Å². The summed E-state index contributed by atoms with van der Waals surface area (Å²) in [5.41, 5.74) is 0. The van der Waals surface area contributed by atoms with Gasteiger partial charge >= 0.3 is 0 Å². The van der Waals surface area contributed by atoms with Crippen molar-refractivity contribution < 1.29 is 4.52 Å². The maximum Gasteiger partial charge on any atom is 0.239 e. The van der Waals surface area contributed by atoms with Gasteiger partial charge < -0.3 is 4.52 Å². The third kappa shape index (κ3) is 3.43. The molecule has 0 saturated heterocycles. The zero-order valence-corrected chi connectivity index (χ0v) is 12.2. The first-order chi connectivity index (χ1) is 8.19. The summed E-state index contributed by atoms with van der Waals surface area (Å²) in [7, 11) is 0. The molecule has 0 aromatic carbocycles. The van der Waals surface area contributed by atoms with Gasteiger partial charge in [0, 0.05) is 0 Å². The predicted molar refractivity (Wildman–Crippen MR) is 69.6 cm³/mol. The van der Waals surface area contributed by atoms with Crippen molar-refractivity contribution >= 4 is 34.9 Å². The van der Waals surface area contributed by atoms with Crippen molar-refractivity contribution in [2.24, 2.45) is 0 Å². The number of aromatic nitrogens is 4. The normalized spacial score (nSPS) is 12.9. The molecule has 92 valence electrons. The fraction of sp³-hybridized carbons (Fsp3) is 0.556. The van der Waals surface area contributed by atoms with Gasteiger partial charge in [0.05, 0.1) is 5.25 Å². The van der Waals surface area contributed by atoms with E-state index in [1.54, 1.807) is 34.9 Å². The number of nitrogens with zero attached hydrogens (tertiary/aromatic N) is 4. The zero-order valence-electron chi connectivity index (χ0n) is 9.71. The van der Waals surface area contributed by atoms with Crippen LogP contribution in [-0.4, -0.2) is 26.1 Å². The van der Waals surface area contributed by atoms with E-state index in [4.69, 9.17) is 4.52 Å². The fourth-order valence-corrected chi connectivity index (χ4v) is 4.20. The summed E-state index contributed by atoms with van der Waals surface area (Å²) in [4.78, 5) is 4.20. The highest BCUT2D eigenvalue weighted by molar-refractivity contribution is 8.03. The van der Waals surface area contributed by atoms with Crippen LogP contribution in [0.2, 0.25) is 0 Å². The third-order valence-corrected chi connectivity index (χ3v) is 4.93. The number of hydrogen-bond acceptors (Lipinski definition) is 8. The molecule has 0 bridgehead atoms. The molecule has 0 aliphatic rings. The van der Waals surface area contributed by atoms with Crippen molar-refractivity contribution in [3.05, 3.63) is 11.7 Å². The molecule has 0 amide bonds. The first-order valence-electron chi connectivity index (χ1n) is 5.12. The van der Waals surface area contributed by atoms with E-state index in [1.807, 2.05) is 13.8 Å². The lowest BCUT2D eigenvalue weighted by molar-refractivity contribution is 0.376. The molecule has 5 nitrogen and oxygen atoms in total. The van der Waals surface area contributed by atoms with Crippen LogP contribution in [0.3, 0.4) is 0 Å². The minimum atomic E-state index is 0.101. The Kier molecular flexibility index (Phi) is 4.41. The average Bonchev–Trinajstić information content (AvgIpc) is 2.88. The van der Waals surface area contributed by atoms with E-state index >= 15 is 0 Å².